The van der Waals surface area contributed by atoms with Crippen molar-refractivity contribution in [2.24, 2.45) is 5.92 Å². The van der Waals surface area contributed by atoms with E-state index in [1.165, 1.54) is 12.1 Å². The van der Waals surface area contributed by atoms with E-state index in [-0.39, 0.29) is 22.5 Å². The van der Waals surface area contributed by atoms with Crippen molar-refractivity contribution in [3.05, 3.63) is 33.3 Å². The Morgan fingerprint density at radius 3 is 2.95 bits per heavy atom. The van der Waals surface area contributed by atoms with Gasteiger partial charge in [0.25, 0.3) is 5.69 Å². The van der Waals surface area contributed by atoms with Crippen LogP contribution < -0.4 is 10.6 Å². The molecule has 1 saturated heterocycles. The van der Waals surface area contributed by atoms with Crippen LogP contribution in [0.25, 0.3) is 0 Å². The number of anilines is 1. The second kappa shape index (κ2) is 5.99. The van der Waals surface area contributed by atoms with E-state index in [9.17, 15) is 14.9 Å². The lowest BCUT2D eigenvalue weighted by atomic mass is 9.99. The van der Waals surface area contributed by atoms with Gasteiger partial charge in [-0.1, -0.05) is 11.6 Å². The van der Waals surface area contributed by atoms with Crippen LogP contribution in [0.3, 0.4) is 0 Å². The molecular formula is C12H14ClN3O3. The lowest BCUT2D eigenvalue weighted by molar-refractivity contribution is -0.384. The number of hydrogen-bond acceptors (Lipinski definition) is 4. The summed E-state index contributed by atoms with van der Waals surface area (Å²) in [7, 11) is 0. The number of halogens is 1. The van der Waals surface area contributed by atoms with Crippen molar-refractivity contribution in [2.75, 3.05) is 18.4 Å². The number of hydrogen-bond donors (Lipinski definition) is 2. The fraction of sp³-hybridized carbons (Fsp3) is 0.417. The first kappa shape index (κ1) is 13.8. The monoisotopic (exact) mass is 283 g/mol. The van der Waals surface area contributed by atoms with Gasteiger partial charge >= 0.3 is 0 Å². The largest absolute Gasteiger partial charge is 0.326 e. The molecule has 0 bridgehead atoms. The van der Waals surface area contributed by atoms with Gasteiger partial charge in [-0.05, 0) is 31.5 Å². The van der Waals surface area contributed by atoms with Crippen molar-refractivity contribution < 1.29 is 9.72 Å². The molecule has 0 saturated carbocycles. The number of benzene rings is 1. The Kier molecular flexibility index (Phi) is 4.34. The smallest absolute Gasteiger partial charge is 0.289 e. The molecule has 0 unspecified atom stereocenters. The van der Waals surface area contributed by atoms with E-state index >= 15 is 0 Å². The number of nitro groups is 1. The summed E-state index contributed by atoms with van der Waals surface area (Å²) in [4.78, 5) is 22.2. The summed E-state index contributed by atoms with van der Waals surface area (Å²) in [6.07, 6.45) is 1.79. The maximum atomic E-state index is 12.0. The number of piperidine rings is 1. The highest BCUT2D eigenvalue weighted by Crippen LogP contribution is 2.27. The zero-order valence-corrected chi connectivity index (χ0v) is 10.9. The summed E-state index contributed by atoms with van der Waals surface area (Å²) in [5.74, 6) is -0.215. The molecule has 1 amide bonds. The molecule has 102 valence electrons. The molecule has 1 fully saturated rings. The highest BCUT2D eigenvalue weighted by atomic mass is 35.5. The summed E-state index contributed by atoms with van der Waals surface area (Å²) in [5, 5.41) is 16.7. The van der Waals surface area contributed by atoms with E-state index in [2.05, 4.69) is 10.6 Å². The normalized spacial score (nSPS) is 18.9. The van der Waals surface area contributed by atoms with Crippen LogP contribution in [0.5, 0.6) is 0 Å². The van der Waals surface area contributed by atoms with E-state index in [1.54, 1.807) is 6.07 Å². The Hall–Kier alpha value is -1.66. The Bertz CT molecular complexity index is 501. The molecule has 0 aliphatic carbocycles. The lowest BCUT2D eigenvalue weighted by Crippen LogP contribution is -2.37. The summed E-state index contributed by atoms with van der Waals surface area (Å²) >= 11 is 5.71. The van der Waals surface area contributed by atoms with Crippen LogP contribution in [0, 0.1) is 16.0 Å². The van der Waals surface area contributed by atoms with Gasteiger partial charge in [-0.25, -0.2) is 0 Å². The molecule has 2 N–H and O–H groups in total. The van der Waals surface area contributed by atoms with Gasteiger partial charge in [0, 0.05) is 18.3 Å². The van der Waals surface area contributed by atoms with E-state index in [4.69, 9.17) is 11.6 Å². The predicted molar refractivity (Wildman–Crippen MR) is 72.3 cm³/mol. The molecule has 19 heavy (non-hydrogen) atoms. The predicted octanol–water partition coefficient (Wildman–Crippen LogP) is 2.19. The summed E-state index contributed by atoms with van der Waals surface area (Å²) < 4.78 is 0. The van der Waals surface area contributed by atoms with Gasteiger partial charge in [0.15, 0.2) is 0 Å². The maximum Gasteiger partial charge on any atom is 0.289 e. The molecule has 0 spiro atoms. The maximum absolute atomic E-state index is 12.0. The second-order valence-corrected chi connectivity index (χ2v) is 4.86. The Labute approximate surface area is 115 Å². The van der Waals surface area contributed by atoms with Crippen LogP contribution in [-0.4, -0.2) is 23.9 Å². The Morgan fingerprint density at radius 1 is 1.53 bits per heavy atom. The Balaban J connectivity index is 2.08. The van der Waals surface area contributed by atoms with Gasteiger partial charge in [0.1, 0.15) is 5.02 Å². The van der Waals surface area contributed by atoms with Crippen LogP contribution in [0.4, 0.5) is 11.4 Å². The van der Waals surface area contributed by atoms with E-state index in [0.29, 0.717) is 12.2 Å². The van der Waals surface area contributed by atoms with Gasteiger partial charge in [0.05, 0.1) is 10.8 Å². The SMILES string of the molecule is O=C(Nc1ccc(Cl)c([N+](=O)[O-])c1)[C@H]1CCCNC1. The number of amides is 1. The average Bonchev–Trinajstić information content (AvgIpc) is 2.41. The van der Waals surface area contributed by atoms with Crippen molar-refractivity contribution in [3.8, 4) is 0 Å². The van der Waals surface area contributed by atoms with Gasteiger partial charge in [-0.15, -0.1) is 0 Å². The van der Waals surface area contributed by atoms with Crippen molar-refractivity contribution in [1.82, 2.24) is 5.32 Å². The first-order chi connectivity index (χ1) is 9.08. The first-order valence-corrected chi connectivity index (χ1v) is 6.41. The molecule has 1 atom stereocenters. The molecule has 0 radical (unpaired) electrons. The molecule has 1 heterocycles. The molecule has 1 aliphatic rings. The molecule has 6 nitrogen and oxygen atoms in total. The standard InChI is InChI=1S/C12H14ClN3O3/c13-10-4-3-9(6-11(10)16(18)19)15-12(17)8-2-1-5-14-7-8/h3-4,6,8,14H,1-2,5,7H2,(H,15,17)/t8-/m0/s1. The molecule has 1 aliphatic heterocycles. The number of carbonyl (C=O) groups is 1. The molecular weight excluding hydrogens is 270 g/mol. The fourth-order valence-corrected chi connectivity index (χ4v) is 2.24. The molecule has 1 aromatic rings. The number of rotatable bonds is 3. The third-order valence-electron chi connectivity index (χ3n) is 3.08. The number of nitrogens with zero attached hydrogens (tertiary/aromatic N) is 1. The molecule has 0 aromatic heterocycles. The number of nitro benzene ring substituents is 1. The van der Waals surface area contributed by atoms with Gasteiger partial charge in [-0.2, -0.15) is 0 Å². The quantitative estimate of drug-likeness (QED) is 0.658. The number of nitrogens with one attached hydrogen (secondary N) is 2. The average molecular weight is 284 g/mol. The van der Waals surface area contributed by atoms with Crippen LogP contribution in [0.15, 0.2) is 18.2 Å². The first-order valence-electron chi connectivity index (χ1n) is 6.03. The number of carbonyl (C=O) groups excluding carboxylic acids is 1. The van der Waals surface area contributed by atoms with Crippen molar-refractivity contribution in [3.63, 3.8) is 0 Å². The third kappa shape index (κ3) is 3.42. The van der Waals surface area contributed by atoms with Gasteiger partial charge in [-0.3, -0.25) is 14.9 Å². The fourth-order valence-electron chi connectivity index (χ4n) is 2.05. The van der Waals surface area contributed by atoms with Crippen molar-refractivity contribution >= 4 is 28.9 Å². The Morgan fingerprint density at radius 2 is 2.32 bits per heavy atom. The lowest BCUT2D eigenvalue weighted by Gasteiger charge is -2.21. The zero-order valence-electron chi connectivity index (χ0n) is 10.2. The van der Waals surface area contributed by atoms with E-state index in [0.717, 1.165) is 19.4 Å². The highest BCUT2D eigenvalue weighted by Gasteiger charge is 2.21. The highest BCUT2D eigenvalue weighted by molar-refractivity contribution is 6.32. The summed E-state index contributed by atoms with van der Waals surface area (Å²) in [5.41, 5.74) is 0.188. The van der Waals surface area contributed by atoms with Crippen molar-refractivity contribution in [2.45, 2.75) is 12.8 Å². The van der Waals surface area contributed by atoms with E-state index < -0.39 is 4.92 Å². The van der Waals surface area contributed by atoms with Crippen LogP contribution in [0.1, 0.15) is 12.8 Å². The minimum absolute atomic E-state index is 0.0577. The summed E-state index contributed by atoms with van der Waals surface area (Å²) in [6, 6.07) is 4.24. The van der Waals surface area contributed by atoms with Crippen LogP contribution >= 0.6 is 11.6 Å². The molecule has 7 heteroatoms. The summed E-state index contributed by atoms with van der Waals surface area (Å²) in [6.45, 7) is 1.57. The molecule has 2 rings (SSSR count). The van der Waals surface area contributed by atoms with E-state index in [1.807, 2.05) is 0 Å². The zero-order chi connectivity index (χ0) is 13.8. The minimum atomic E-state index is -0.569. The van der Waals surface area contributed by atoms with Gasteiger partial charge in [0.2, 0.25) is 5.91 Å². The van der Waals surface area contributed by atoms with Crippen LogP contribution in [-0.2, 0) is 4.79 Å². The molecule has 1 aromatic carbocycles. The topological polar surface area (TPSA) is 84.3 Å². The van der Waals surface area contributed by atoms with Crippen LogP contribution in [0.2, 0.25) is 5.02 Å². The minimum Gasteiger partial charge on any atom is -0.326 e. The van der Waals surface area contributed by atoms with Crippen molar-refractivity contribution in [1.29, 1.82) is 0 Å². The third-order valence-corrected chi connectivity index (χ3v) is 3.40. The van der Waals surface area contributed by atoms with Gasteiger partial charge < -0.3 is 10.6 Å². The second-order valence-electron chi connectivity index (χ2n) is 4.46.